The van der Waals surface area contributed by atoms with E-state index in [9.17, 15) is 9.59 Å². The number of nitrogens with zero attached hydrogens (tertiary/aromatic N) is 2. The number of hydrogen-bond donors (Lipinski definition) is 1. The number of aromatic nitrogens is 3. The quantitative estimate of drug-likeness (QED) is 0.540. The second-order valence-corrected chi connectivity index (χ2v) is 7.69. The molecule has 6 heteroatoms. The van der Waals surface area contributed by atoms with Gasteiger partial charge in [-0.25, -0.2) is 4.98 Å². The average Bonchev–Trinajstić information content (AvgIpc) is 3.17. The summed E-state index contributed by atoms with van der Waals surface area (Å²) in [6.45, 7) is 5.69. The molecule has 1 aromatic carbocycles. The van der Waals surface area contributed by atoms with Crippen molar-refractivity contribution < 1.29 is 4.79 Å². The molecule has 0 saturated heterocycles. The fourth-order valence-corrected chi connectivity index (χ4v) is 4.53. The Hall–Kier alpha value is -2.99. The van der Waals surface area contributed by atoms with Crippen LogP contribution in [0.3, 0.4) is 0 Å². The summed E-state index contributed by atoms with van der Waals surface area (Å²) in [5.74, 6) is -0.101. The van der Waals surface area contributed by atoms with E-state index in [0.717, 1.165) is 27.4 Å². The molecule has 0 saturated carbocycles. The molecule has 4 rings (SSSR count). The van der Waals surface area contributed by atoms with Gasteiger partial charge in [-0.2, -0.15) is 0 Å². The third-order valence-corrected chi connectivity index (χ3v) is 5.97. The topological polar surface area (TPSA) is 67.8 Å². The molecule has 3 aromatic heterocycles. The lowest BCUT2D eigenvalue weighted by Crippen LogP contribution is -2.24. The second-order valence-electron chi connectivity index (χ2n) is 6.69. The van der Waals surface area contributed by atoms with E-state index in [2.05, 4.69) is 9.97 Å². The predicted octanol–water partition coefficient (Wildman–Crippen LogP) is 4.26. The summed E-state index contributed by atoms with van der Waals surface area (Å²) in [5.41, 5.74) is 4.17. The van der Waals surface area contributed by atoms with Crippen molar-refractivity contribution in [2.45, 2.75) is 27.3 Å². The molecular formula is C21H19N3O2S. The number of benzene rings is 1. The maximum Gasteiger partial charge on any atom is 0.262 e. The molecule has 0 bridgehead atoms. The van der Waals surface area contributed by atoms with Gasteiger partial charge >= 0.3 is 0 Å². The average molecular weight is 377 g/mol. The molecule has 27 heavy (non-hydrogen) atoms. The van der Waals surface area contributed by atoms with Gasteiger partial charge in [0, 0.05) is 21.8 Å². The summed E-state index contributed by atoms with van der Waals surface area (Å²) in [4.78, 5) is 35.0. The standard InChI is InChI=1S/C21H19N3O2S/c1-12-9-16(14(3)23-12)17(25)10-24-11-22-20-18(21(24)26)13(2)19(27-20)15-7-5-4-6-8-15/h4-9,11,23H,10H2,1-3H3. The Bertz CT molecular complexity index is 1220. The Morgan fingerprint density at radius 1 is 1.19 bits per heavy atom. The van der Waals surface area contributed by atoms with Crippen LogP contribution in [0.5, 0.6) is 0 Å². The number of Topliss-reactive ketones (excluding diaryl/α,β-unsaturated/α-hetero) is 1. The second kappa shape index (κ2) is 6.63. The minimum Gasteiger partial charge on any atom is -0.362 e. The molecule has 136 valence electrons. The molecular weight excluding hydrogens is 358 g/mol. The molecule has 0 spiro atoms. The highest BCUT2D eigenvalue weighted by Gasteiger charge is 2.18. The highest BCUT2D eigenvalue weighted by molar-refractivity contribution is 7.22. The first-order valence-corrected chi connectivity index (χ1v) is 9.50. The lowest BCUT2D eigenvalue weighted by Gasteiger charge is -2.05. The van der Waals surface area contributed by atoms with Crippen LogP contribution in [-0.2, 0) is 6.54 Å². The maximum atomic E-state index is 13.0. The van der Waals surface area contributed by atoms with Crippen molar-refractivity contribution in [3.63, 3.8) is 0 Å². The minimum atomic E-state index is -0.172. The van der Waals surface area contributed by atoms with Crippen LogP contribution in [0.15, 0.2) is 47.5 Å². The number of carbonyl (C=O) groups is 1. The number of aromatic amines is 1. The molecule has 0 aliphatic heterocycles. The molecule has 1 N–H and O–H groups in total. The van der Waals surface area contributed by atoms with Crippen molar-refractivity contribution in [3.8, 4) is 10.4 Å². The highest BCUT2D eigenvalue weighted by Crippen LogP contribution is 2.35. The largest absolute Gasteiger partial charge is 0.362 e. The van der Waals surface area contributed by atoms with Crippen molar-refractivity contribution in [2.75, 3.05) is 0 Å². The Morgan fingerprint density at radius 3 is 2.59 bits per heavy atom. The third kappa shape index (κ3) is 3.02. The summed E-state index contributed by atoms with van der Waals surface area (Å²) >= 11 is 1.51. The number of nitrogens with one attached hydrogen (secondary N) is 1. The van der Waals surface area contributed by atoms with Crippen molar-refractivity contribution in [1.82, 2.24) is 14.5 Å². The molecule has 4 aromatic rings. The molecule has 0 amide bonds. The van der Waals surface area contributed by atoms with E-state index in [0.29, 0.717) is 15.8 Å². The fourth-order valence-electron chi connectivity index (χ4n) is 3.39. The monoisotopic (exact) mass is 377 g/mol. The SMILES string of the molecule is Cc1cc(C(=O)Cn2cnc3sc(-c4ccccc4)c(C)c3c2=O)c(C)[nH]1. The van der Waals surface area contributed by atoms with Gasteiger partial charge in [0.1, 0.15) is 4.83 Å². The Labute approximate surface area is 160 Å². The Kier molecular flexibility index (Phi) is 4.28. The van der Waals surface area contributed by atoms with Gasteiger partial charge in [0.15, 0.2) is 5.78 Å². The highest BCUT2D eigenvalue weighted by atomic mass is 32.1. The van der Waals surface area contributed by atoms with E-state index in [4.69, 9.17) is 0 Å². The zero-order valence-corrected chi connectivity index (χ0v) is 16.2. The number of fused-ring (bicyclic) bond motifs is 1. The summed E-state index contributed by atoms with van der Waals surface area (Å²) in [5, 5.41) is 0.594. The van der Waals surface area contributed by atoms with Crippen LogP contribution in [0.2, 0.25) is 0 Å². The third-order valence-electron chi connectivity index (χ3n) is 4.72. The maximum absolute atomic E-state index is 13.0. The van der Waals surface area contributed by atoms with Gasteiger partial charge in [0.2, 0.25) is 0 Å². The van der Waals surface area contributed by atoms with Gasteiger partial charge in [0.25, 0.3) is 5.56 Å². The predicted molar refractivity (Wildman–Crippen MR) is 109 cm³/mol. The van der Waals surface area contributed by atoms with Crippen molar-refractivity contribution in [1.29, 1.82) is 0 Å². The number of carbonyl (C=O) groups excluding carboxylic acids is 1. The molecule has 0 aliphatic rings. The van der Waals surface area contributed by atoms with Gasteiger partial charge in [-0.3, -0.25) is 14.2 Å². The zero-order chi connectivity index (χ0) is 19.1. The van der Waals surface area contributed by atoms with Crippen molar-refractivity contribution in [2.24, 2.45) is 0 Å². The molecule has 3 heterocycles. The molecule has 0 radical (unpaired) electrons. The van der Waals surface area contributed by atoms with Crippen molar-refractivity contribution in [3.05, 3.63) is 75.6 Å². The van der Waals surface area contributed by atoms with Crippen LogP contribution >= 0.6 is 11.3 Å². The number of H-pyrrole nitrogens is 1. The first kappa shape index (κ1) is 17.4. The number of aryl methyl sites for hydroxylation is 3. The van der Waals surface area contributed by atoms with E-state index in [1.54, 1.807) is 0 Å². The summed E-state index contributed by atoms with van der Waals surface area (Å²) in [7, 11) is 0. The normalized spacial score (nSPS) is 11.2. The fraction of sp³-hybridized carbons (Fsp3) is 0.190. The first-order chi connectivity index (χ1) is 13.0. The number of ketones is 1. The zero-order valence-electron chi connectivity index (χ0n) is 15.4. The van der Waals surface area contributed by atoms with Crippen LogP contribution in [0.1, 0.15) is 27.3 Å². The number of hydrogen-bond acceptors (Lipinski definition) is 4. The van der Waals surface area contributed by atoms with E-state index in [-0.39, 0.29) is 17.9 Å². The van der Waals surface area contributed by atoms with Gasteiger partial charge in [-0.15, -0.1) is 11.3 Å². The summed E-state index contributed by atoms with van der Waals surface area (Å²) in [6, 6.07) is 11.8. The van der Waals surface area contributed by atoms with E-state index in [1.807, 2.05) is 57.2 Å². The number of thiophene rings is 1. The lowest BCUT2D eigenvalue weighted by atomic mass is 10.1. The van der Waals surface area contributed by atoms with Gasteiger partial charge in [-0.1, -0.05) is 30.3 Å². The van der Waals surface area contributed by atoms with Crippen LogP contribution in [0, 0.1) is 20.8 Å². The summed E-state index contributed by atoms with van der Waals surface area (Å²) in [6.07, 6.45) is 1.47. The smallest absolute Gasteiger partial charge is 0.262 e. The molecule has 0 unspecified atom stereocenters. The van der Waals surface area contributed by atoms with Crippen molar-refractivity contribution >= 4 is 27.3 Å². The van der Waals surface area contributed by atoms with Gasteiger partial charge in [0.05, 0.1) is 18.3 Å². The lowest BCUT2D eigenvalue weighted by molar-refractivity contribution is 0.0970. The van der Waals surface area contributed by atoms with E-state index < -0.39 is 0 Å². The number of rotatable bonds is 4. The minimum absolute atomic E-state index is 0.0180. The molecule has 0 aliphatic carbocycles. The molecule has 0 atom stereocenters. The van der Waals surface area contributed by atoms with Crippen LogP contribution in [0.25, 0.3) is 20.7 Å². The van der Waals surface area contributed by atoms with E-state index in [1.165, 1.54) is 22.2 Å². The summed E-state index contributed by atoms with van der Waals surface area (Å²) < 4.78 is 1.40. The van der Waals surface area contributed by atoms with Gasteiger partial charge < -0.3 is 4.98 Å². The van der Waals surface area contributed by atoms with Gasteiger partial charge in [-0.05, 0) is 38.0 Å². The van der Waals surface area contributed by atoms with E-state index >= 15 is 0 Å². The Morgan fingerprint density at radius 2 is 1.93 bits per heavy atom. The van der Waals surface area contributed by atoms with Crippen LogP contribution in [-0.4, -0.2) is 20.3 Å². The van der Waals surface area contributed by atoms with Crippen LogP contribution in [0.4, 0.5) is 0 Å². The molecule has 0 fully saturated rings. The van der Waals surface area contributed by atoms with Crippen LogP contribution < -0.4 is 5.56 Å². The molecule has 5 nitrogen and oxygen atoms in total. The first-order valence-electron chi connectivity index (χ1n) is 8.69. The Balaban J connectivity index is 1.76.